The molecule has 1 aliphatic heterocycles. The van der Waals surface area contributed by atoms with Crippen LogP contribution in [0, 0.1) is 0 Å². The van der Waals surface area contributed by atoms with Crippen LogP contribution in [0.5, 0.6) is 23.0 Å². The Bertz CT molecular complexity index is 835. The zero-order chi connectivity index (χ0) is 19.2. The Morgan fingerprint density at radius 1 is 1.15 bits per heavy atom. The van der Waals surface area contributed by atoms with Crippen molar-refractivity contribution in [1.29, 1.82) is 0 Å². The van der Waals surface area contributed by atoms with Gasteiger partial charge in [0.25, 0.3) is 5.91 Å². The zero-order valence-corrected chi connectivity index (χ0v) is 15.2. The molecule has 3 rings (SSSR count). The predicted molar refractivity (Wildman–Crippen MR) is 99.2 cm³/mol. The van der Waals surface area contributed by atoms with Gasteiger partial charge in [0.2, 0.25) is 0 Å². The van der Waals surface area contributed by atoms with Crippen molar-refractivity contribution in [3.05, 3.63) is 42.0 Å². The molecule has 0 saturated heterocycles. The number of hydrogen-bond acceptors (Lipinski definition) is 6. The first-order valence-corrected chi connectivity index (χ1v) is 8.70. The lowest BCUT2D eigenvalue weighted by molar-refractivity contribution is -0.122. The van der Waals surface area contributed by atoms with Crippen molar-refractivity contribution in [2.24, 2.45) is 0 Å². The summed E-state index contributed by atoms with van der Waals surface area (Å²) in [6.45, 7) is 4.86. The second kappa shape index (κ2) is 8.44. The summed E-state index contributed by atoms with van der Waals surface area (Å²) < 4.78 is 22.2. The van der Waals surface area contributed by atoms with Crippen LogP contribution in [0.2, 0.25) is 0 Å². The van der Waals surface area contributed by atoms with E-state index in [-0.39, 0.29) is 5.91 Å². The molecule has 7 heteroatoms. The molecule has 0 unspecified atom stereocenters. The Kier molecular flexibility index (Phi) is 5.80. The smallest absolute Gasteiger partial charge is 0.265 e. The monoisotopic (exact) mass is 371 g/mol. The largest absolute Gasteiger partial charge is 0.490 e. The Morgan fingerprint density at radius 3 is 2.67 bits per heavy atom. The second-order valence-corrected chi connectivity index (χ2v) is 5.86. The number of ether oxygens (including phenoxy) is 4. The minimum absolute atomic E-state index is 0.325. The molecular formula is C20H21NO6. The molecule has 0 aliphatic carbocycles. The summed E-state index contributed by atoms with van der Waals surface area (Å²) >= 11 is 0. The normalized spacial score (nSPS) is 13.4. The van der Waals surface area contributed by atoms with Crippen LogP contribution in [0.3, 0.4) is 0 Å². The van der Waals surface area contributed by atoms with Crippen LogP contribution in [0.4, 0.5) is 5.69 Å². The highest BCUT2D eigenvalue weighted by Crippen LogP contribution is 2.33. The predicted octanol–water partition coefficient (Wildman–Crippen LogP) is 3.08. The molecule has 0 bridgehead atoms. The molecular weight excluding hydrogens is 350 g/mol. The lowest BCUT2D eigenvalue weighted by atomic mass is 10.2. The first-order chi connectivity index (χ1) is 13.1. The van der Waals surface area contributed by atoms with E-state index < -0.39 is 6.10 Å². The fraction of sp³-hybridized carbons (Fsp3) is 0.300. The number of rotatable bonds is 7. The molecule has 1 amide bonds. The van der Waals surface area contributed by atoms with Gasteiger partial charge in [0.1, 0.15) is 19.5 Å². The van der Waals surface area contributed by atoms with Crippen molar-refractivity contribution in [2.75, 3.05) is 25.1 Å². The number of anilines is 1. The Balaban J connectivity index is 1.68. The molecule has 1 heterocycles. The van der Waals surface area contributed by atoms with Gasteiger partial charge in [0, 0.05) is 17.3 Å². The van der Waals surface area contributed by atoms with E-state index in [0.29, 0.717) is 54.1 Å². The Labute approximate surface area is 157 Å². The van der Waals surface area contributed by atoms with Gasteiger partial charge >= 0.3 is 0 Å². The minimum atomic E-state index is -0.778. The van der Waals surface area contributed by atoms with Gasteiger partial charge in [-0.25, -0.2) is 0 Å². The van der Waals surface area contributed by atoms with Crippen molar-refractivity contribution in [2.45, 2.75) is 20.0 Å². The van der Waals surface area contributed by atoms with E-state index >= 15 is 0 Å². The fourth-order valence-corrected chi connectivity index (χ4v) is 2.57. The van der Waals surface area contributed by atoms with Gasteiger partial charge < -0.3 is 24.3 Å². The van der Waals surface area contributed by atoms with E-state index in [4.69, 9.17) is 18.9 Å². The SMILES string of the molecule is CCOc1cc(C=O)ccc1O[C@@H](C)C(=O)Nc1ccc2c(c1)OCCO2. The molecule has 0 saturated carbocycles. The van der Waals surface area contributed by atoms with Crippen molar-refractivity contribution in [3.63, 3.8) is 0 Å². The highest BCUT2D eigenvalue weighted by molar-refractivity contribution is 5.94. The van der Waals surface area contributed by atoms with Crippen molar-refractivity contribution in [3.8, 4) is 23.0 Å². The summed E-state index contributed by atoms with van der Waals surface area (Å²) in [5, 5.41) is 2.79. The van der Waals surface area contributed by atoms with Gasteiger partial charge in [-0.3, -0.25) is 9.59 Å². The third kappa shape index (κ3) is 4.49. The number of amides is 1. The maximum absolute atomic E-state index is 12.5. The van der Waals surface area contributed by atoms with Crippen molar-refractivity contribution in [1.82, 2.24) is 0 Å². The van der Waals surface area contributed by atoms with Crippen LogP contribution < -0.4 is 24.3 Å². The Hall–Kier alpha value is -3.22. The summed E-state index contributed by atoms with van der Waals surface area (Å²) in [5.41, 5.74) is 1.06. The number of aldehydes is 1. The molecule has 0 fully saturated rings. The minimum Gasteiger partial charge on any atom is -0.490 e. The zero-order valence-electron chi connectivity index (χ0n) is 15.2. The topological polar surface area (TPSA) is 83.1 Å². The van der Waals surface area contributed by atoms with Gasteiger partial charge in [-0.2, -0.15) is 0 Å². The van der Waals surface area contributed by atoms with E-state index in [1.807, 2.05) is 6.92 Å². The lowest BCUT2D eigenvalue weighted by Gasteiger charge is -2.20. The van der Waals surface area contributed by atoms with Crippen molar-refractivity contribution < 1.29 is 28.5 Å². The second-order valence-electron chi connectivity index (χ2n) is 5.86. The fourth-order valence-electron chi connectivity index (χ4n) is 2.57. The summed E-state index contributed by atoms with van der Waals surface area (Å²) in [4.78, 5) is 23.4. The molecule has 1 aliphatic rings. The summed E-state index contributed by atoms with van der Waals surface area (Å²) in [6, 6.07) is 10.0. The van der Waals surface area contributed by atoms with Crippen LogP contribution in [0.1, 0.15) is 24.2 Å². The third-order valence-electron chi connectivity index (χ3n) is 3.89. The lowest BCUT2D eigenvalue weighted by Crippen LogP contribution is -2.30. The quantitative estimate of drug-likeness (QED) is 0.753. The maximum Gasteiger partial charge on any atom is 0.265 e. The number of hydrogen-bond donors (Lipinski definition) is 1. The molecule has 7 nitrogen and oxygen atoms in total. The Morgan fingerprint density at radius 2 is 1.93 bits per heavy atom. The van der Waals surface area contributed by atoms with Crippen LogP contribution >= 0.6 is 0 Å². The maximum atomic E-state index is 12.5. The van der Waals surface area contributed by atoms with Gasteiger partial charge in [-0.15, -0.1) is 0 Å². The molecule has 1 N–H and O–H groups in total. The number of carbonyl (C=O) groups excluding carboxylic acids is 2. The van der Waals surface area contributed by atoms with Crippen molar-refractivity contribution >= 4 is 17.9 Å². The molecule has 142 valence electrons. The molecule has 1 atom stereocenters. The van der Waals surface area contributed by atoms with E-state index in [2.05, 4.69) is 5.32 Å². The standard InChI is InChI=1S/C20H21NO6/c1-3-24-18-10-14(12-22)4-6-17(18)27-13(2)20(23)21-15-5-7-16-19(11-15)26-9-8-25-16/h4-7,10-13H,3,8-9H2,1-2H3,(H,21,23)/t13-/m0/s1. The first-order valence-electron chi connectivity index (χ1n) is 8.70. The third-order valence-corrected chi connectivity index (χ3v) is 3.89. The average Bonchev–Trinajstić information content (AvgIpc) is 2.69. The summed E-state index contributed by atoms with van der Waals surface area (Å²) in [7, 11) is 0. The molecule has 0 radical (unpaired) electrons. The van der Waals surface area contributed by atoms with E-state index in [1.54, 1.807) is 43.3 Å². The number of nitrogens with one attached hydrogen (secondary N) is 1. The number of fused-ring (bicyclic) bond motifs is 1. The molecule has 2 aromatic carbocycles. The molecule has 2 aromatic rings. The first kappa shape index (κ1) is 18.6. The highest BCUT2D eigenvalue weighted by Gasteiger charge is 2.19. The number of carbonyl (C=O) groups is 2. The summed E-state index contributed by atoms with van der Waals surface area (Å²) in [5.74, 6) is 1.73. The van der Waals surface area contributed by atoms with E-state index in [1.165, 1.54) is 0 Å². The molecule has 0 spiro atoms. The summed E-state index contributed by atoms with van der Waals surface area (Å²) in [6.07, 6.45) is -0.0518. The van der Waals surface area contributed by atoms with E-state index in [9.17, 15) is 9.59 Å². The van der Waals surface area contributed by atoms with Gasteiger partial charge in [-0.05, 0) is 44.2 Å². The molecule has 27 heavy (non-hydrogen) atoms. The molecule has 0 aromatic heterocycles. The van der Waals surface area contributed by atoms with E-state index in [0.717, 1.165) is 6.29 Å². The van der Waals surface area contributed by atoms with Gasteiger partial charge in [0.05, 0.1) is 6.61 Å². The van der Waals surface area contributed by atoms with Crippen LogP contribution in [-0.2, 0) is 4.79 Å². The van der Waals surface area contributed by atoms with Crippen LogP contribution in [0.15, 0.2) is 36.4 Å². The highest BCUT2D eigenvalue weighted by atomic mass is 16.6. The van der Waals surface area contributed by atoms with Gasteiger partial charge in [0.15, 0.2) is 29.1 Å². The average molecular weight is 371 g/mol. The number of benzene rings is 2. The van der Waals surface area contributed by atoms with Crippen LogP contribution in [0.25, 0.3) is 0 Å². The van der Waals surface area contributed by atoms with Gasteiger partial charge in [-0.1, -0.05) is 0 Å². The van der Waals surface area contributed by atoms with Crippen LogP contribution in [-0.4, -0.2) is 38.1 Å².